The largest absolute Gasteiger partial charge is 0.511 e. The molecule has 3 aliphatic rings. The molecule has 2 aromatic rings. The molecule has 10 nitrogen and oxygen atoms in total. The molecule has 2 aromatic carbocycles. The van der Waals surface area contributed by atoms with Crippen molar-refractivity contribution >= 4 is 17.5 Å². The number of Topliss-reactive ketones (excluding diaryl/α,β-unsaturated/α-hetero) is 2. The zero-order valence-corrected chi connectivity index (χ0v) is 24.3. The third kappa shape index (κ3) is 4.89. The minimum Gasteiger partial charge on any atom is -0.511 e. The van der Waals surface area contributed by atoms with E-state index < -0.39 is 58.4 Å². The number of carbonyl (C=O) groups excluding carboxylic acids is 3. The molecule has 0 saturated carbocycles. The lowest BCUT2D eigenvalue weighted by atomic mass is 9.60. The number of phenolic OH excluding ortho intramolecular Hbond substituents is 1. The van der Waals surface area contributed by atoms with Crippen molar-refractivity contribution in [1.29, 1.82) is 0 Å². The van der Waals surface area contributed by atoms with Crippen LogP contribution in [-0.2, 0) is 27.3 Å². The Labute approximate surface area is 244 Å². The highest BCUT2D eigenvalue weighted by Gasteiger charge is 2.54. The third-order valence-electron chi connectivity index (χ3n) is 8.82. The maximum atomic E-state index is 14.0. The van der Waals surface area contributed by atoms with Crippen molar-refractivity contribution in [3.63, 3.8) is 0 Å². The molecule has 0 aliphatic heterocycles. The van der Waals surface area contributed by atoms with Crippen LogP contribution in [-0.4, -0.2) is 90.0 Å². The van der Waals surface area contributed by atoms with Gasteiger partial charge in [-0.05, 0) is 80.2 Å². The van der Waals surface area contributed by atoms with E-state index in [-0.39, 0.29) is 16.9 Å². The van der Waals surface area contributed by atoms with Gasteiger partial charge in [-0.25, -0.2) is 0 Å². The number of rotatable bonds is 8. The Morgan fingerprint density at radius 2 is 1.81 bits per heavy atom. The number of amides is 1. The summed E-state index contributed by atoms with van der Waals surface area (Å²) in [5, 5.41) is 33.3. The van der Waals surface area contributed by atoms with Crippen LogP contribution in [0.4, 0.5) is 0 Å². The first-order valence-corrected chi connectivity index (χ1v) is 14.0. The number of ketones is 2. The molecule has 0 spiro atoms. The Morgan fingerprint density at radius 1 is 1.07 bits per heavy atom. The Kier molecular flexibility index (Phi) is 7.98. The van der Waals surface area contributed by atoms with Crippen LogP contribution in [0.2, 0.25) is 0 Å². The summed E-state index contributed by atoms with van der Waals surface area (Å²) in [5.41, 5.74) is 8.52. The number of nitrogens with two attached hydrogens (primary N) is 1. The Hall–Kier alpha value is -3.99. The number of likely N-dealkylation sites (N-methyl/N-ethyl adjacent to an activating group) is 2. The molecule has 0 radical (unpaired) electrons. The van der Waals surface area contributed by atoms with Crippen LogP contribution in [0.3, 0.4) is 0 Å². The molecule has 1 amide bonds. The van der Waals surface area contributed by atoms with E-state index in [2.05, 4.69) is 11.0 Å². The minimum absolute atomic E-state index is 0.0702. The van der Waals surface area contributed by atoms with Crippen molar-refractivity contribution in [3.8, 4) is 16.9 Å². The molecule has 222 valence electrons. The van der Waals surface area contributed by atoms with E-state index in [4.69, 9.17) is 10.5 Å². The Balaban J connectivity index is 1.58. The minimum atomic E-state index is -1.20. The highest BCUT2D eigenvalue weighted by molar-refractivity contribution is 6.22. The average Bonchev–Trinajstić information content (AvgIpc) is 2.91. The molecule has 3 unspecified atom stereocenters. The number of carbonyl (C=O) groups is 3. The van der Waals surface area contributed by atoms with Crippen LogP contribution in [0.1, 0.15) is 27.9 Å². The first-order valence-electron chi connectivity index (χ1n) is 14.0. The number of methoxy groups -OCH3 is 1. The molecular formula is C32H37N3O7. The lowest BCUT2D eigenvalue weighted by Gasteiger charge is -2.46. The van der Waals surface area contributed by atoms with Gasteiger partial charge in [-0.1, -0.05) is 24.3 Å². The van der Waals surface area contributed by atoms with Gasteiger partial charge in [0.2, 0.25) is 0 Å². The third-order valence-corrected chi connectivity index (χ3v) is 8.82. The fraction of sp³-hybridized carbons (Fsp3) is 0.406. The normalized spacial score (nSPS) is 23.8. The average molecular weight is 576 g/mol. The van der Waals surface area contributed by atoms with Crippen molar-refractivity contribution in [2.75, 3.05) is 41.4 Å². The molecule has 0 heterocycles. The zero-order chi connectivity index (χ0) is 30.5. The van der Waals surface area contributed by atoms with Crippen LogP contribution in [0.15, 0.2) is 59.1 Å². The molecule has 5 rings (SSSR count). The monoisotopic (exact) mass is 575 g/mol. The lowest BCUT2D eigenvalue weighted by Crippen LogP contribution is -2.53. The quantitative estimate of drug-likeness (QED) is 0.348. The lowest BCUT2D eigenvalue weighted by molar-refractivity contribution is -0.127. The number of hydrogen-bond donors (Lipinski definition) is 4. The molecule has 0 fully saturated rings. The van der Waals surface area contributed by atoms with E-state index in [1.54, 1.807) is 32.2 Å². The van der Waals surface area contributed by atoms with Gasteiger partial charge >= 0.3 is 0 Å². The molecule has 3 aliphatic carbocycles. The summed E-state index contributed by atoms with van der Waals surface area (Å²) in [4.78, 5) is 43.3. The number of nitrogens with zero attached hydrogens (tertiary/aromatic N) is 2. The number of fused-ring (bicyclic) bond motifs is 3. The van der Waals surface area contributed by atoms with E-state index in [0.717, 1.165) is 23.2 Å². The molecule has 0 bridgehead atoms. The van der Waals surface area contributed by atoms with E-state index in [9.17, 15) is 29.7 Å². The first-order chi connectivity index (χ1) is 20.0. The highest BCUT2D eigenvalue weighted by atomic mass is 16.5. The predicted molar refractivity (Wildman–Crippen MR) is 156 cm³/mol. The van der Waals surface area contributed by atoms with Crippen molar-refractivity contribution in [2.45, 2.75) is 25.4 Å². The molecule has 0 saturated heterocycles. The van der Waals surface area contributed by atoms with Crippen molar-refractivity contribution in [2.24, 2.45) is 23.5 Å². The second-order valence-electron chi connectivity index (χ2n) is 11.7. The van der Waals surface area contributed by atoms with Gasteiger partial charge in [0.05, 0.1) is 24.1 Å². The van der Waals surface area contributed by atoms with Crippen molar-refractivity contribution < 1.29 is 34.4 Å². The maximum Gasteiger partial charge on any atom is 0.255 e. The van der Waals surface area contributed by atoms with Crippen molar-refractivity contribution in [3.05, 3.63) is 75.8 Å². The number of aliphatic hydroxyl groups excluding tert-OH is 2. The summed E-state index contributed by atoms with van der Waals surface area (Å²) < 4.78 is 5.18. The van der Waals surface area contributed by atoms with Crippen molar-refractivity contribution in [1.82, 2.24) is 9.80 Å². The molecule has 4 atom stereocenters. The summed E-state index contributed by atoms with van der Waals surface area (Å²) in [6, 6.07) is 10.5. The van der Waals surface area contributed by atoms with Gasteiger partial charge in [0.25, 0.3) is 5.91 Å². The second kappa shape index (κ2) is 11.4. The SMILES string of the molecule is COCCN(C)Cc1cccc(-c2ccc(O)c3c2CC2CC4C(C(=O)C(C(N)=O)=C(O)[C@H]4N(C)C)C(O)=C2C3=O)c1. The van der Waals surface area contributed by atoms with Gasteiger partial charge in [-0.3, -0.25) is 24.2 Å². The number of hydrogen-bond acceptors (Lipinski definition) is 9. The number of primary amides is 1. The van der Waals surface area contributed by atoms with Gasteiger partial charge in [-0.2, -0.15) is 0 Å². The molecule has 10 heteroatoms. The zero-order valence-electron chi connectivity index (χ0n) is 24.3. The van der Waals surface area contributed by atoms with Crippen LogP contribution >= 0.6 is 0 Å². The highest BCUT2D eigenvalue weighted by Crippen LogP contribution is 2.51. The number of ether oxygens (including phenoxy) is 1. The Morgan fingerprint density at radius 3 is 2.48 bits per heavy atom. The topological polar surface area (TPSA) is 154 Å². The van der Waals surface area contributed by atoms with E-state index >= 15 is 0 Å². The summed E-state index contributed by atoms with van der Waals surface area (Å²) in [7, 11) is 7.10. The van der Waals surface area contributed by atoms with Gasteiger partial charge in [0, 0.05) is 25.8 Å². The molecule has 5 N–H and O–H groups in total. The predicted octanol–water partition coefficient (Wildman–Crippen LogP) is 2.75. The fourth-order valence-corrected chi connectivity index (χ4v) is 7.01. The van der Waals surface area contributed by atoms with Crippen LogP contribution in [0, 0.1) is 17.8 Å². The summed E-state index contributed by atoms with van der Waals surface area (Å²) >= 11 is 0. The fourth-order valence-electron chi connectivity index (χ4n) is 7.01. The molecule has 42 heavy (non-hydrogen) atoms. The standard InChI is InChI=1S/C32H37N3O7/c1-34(2)27-21-14-18-13-20-19(17-7-5-6-16(12-17)15-35(3)10-11-42-4)8-9-22(36)24(20)28(37)23(18)29(38)25(21)30(39)26(31(27)40)32(33)41/h5-9,12,18,21,25,27,36,38,40H,10-11,13-15H2,1-4H3,(H2,33,41)/t18?,21?,25?,27-/m0/s1. The number of phenols is 1. The second-order valence-corrected chi connectivity index (χ2v) is 11.7. The molecule has 0 aromatic heterocycles. The van der Waals surface area contributed by atoms with Gasteiger partial charge < -0.3 is 25.8 Å². The Bertz CT molecular complexity index is 1530. The van der Waals surface area contributed by atoms with Gasteiger partial charge in [-0.15, -0.1) is 0 Å². The first kappa shape index (κ1) is 29.5. The maximum absolute atomic E-state index is 14.0. The van der Waals surface area contributed by atoms with Gasteiger partial charge in [0.15, 0.2) is 11.6 Å². The van der Waals surface area contributed by atoms with Gasteiger partial charge in [0.1, 0.15) is 22.8 Å². The number of aromatic hydroxyl groups is 1. The van der Waals surface area contributed by atoms with E-state index in [1.807, 2.05) is 25.2 Å². The van der Waals surface area contributed by atoms with E-state index in [1.165, 1.54) is 6.07 Å². The number of allylic oxidation sites excluding steroid dienone is 2. The van der Waals surface area contributed by atoms with Crippen LogP contribution < -0.4 is 5.73 Å². The summed E-state index contributed by atoms with van der Waals surface area (Å²) in [6.45, 7) is 2.09. The van der Waals surface area contributed by atoms with Crippen LogP contribution in [0.5, 0.6) is 5.75 Å². The smallest absolute Gasteiger partial charge is 0.255 e. The van der Waals surface area contributed by atoms with E-state index in [0.29, 0.717) is 31.6 Å². The molecular weight excluding hydrogens is 538 g/mol. The number of benzene rings is 2. The number of aliphatic hydroxyl groups is 2. The summed E-state index contributed by atoms with van der Waals surface area (Å²) in [5.74, 6) is -5.72. The van der Waals surface area contributed by atoms with Crippen LogP contribution in [0.25, 0.3) is 11.1 Å². The summed E-state index contributed by atoms with van der Waals surface area (Å²) in [6.07, 6.45) is 0.645.